The van der Waals surface area contributed by atoms with E-state index in [4.69, 9.17) is 9.47 Å². The number of hydrogen-bond acceptors (Lipinski definition) is 3. The molecule has 0 aliphatic carbocycles. The van der Waals surface area contributed by atoms with E-state index in [2.05, 4.69) is 13.8 Å². The fourth-order valence-electron chi connectivity index (χ4n) is 2.56. The van der Waals surface area contributed by atoms with E-state index in [-0.39, 0.29) is 5.60 Å². The Bertz CT molecular complexity index is 452. The van der Waals surface area contributed by atoms with Gasteiger partial charge in [-0.15, -0.1) is 0 Å². The third kappa shape index (κ3) is 3.89. The lowest BCUT2D eigenvalue weighted by molar-refractivity contribution is 0.0113. The van der Waals surface area contributed by atoms with Gasteiger partial charge in [0.2, 0.25) is 0 Å². The van der Waals surface area contributed by atoms with Crippen molar-refractivity contribution in [1.29, 1.82) is 0 Å². The van der Waals surface area contributed by atoms with E-state index in [1.165, 1.54) is 6.42 Å². The zero-order valence-electron chi connectivity index (χ0n) is 13.0. The third-order valence-electron chi connectivity index (χ3n) is 3.61. The van der Waals surface area contributed by atoms with E-state index in [1.54, 1.807) is 0 Å². The molecule has 1 aromatic carbocycles. The van der Waals surface area contributed by atoms with Gasteiger partial charge in [0.05, 0.1) is 12.7 Å². The van der Waals surface area contributed by atoms with Gasteiger partial charge in [-0.05, 0) is 44.7 Å². The fourth-order valence-corrected chi connectivity index (χ4v) is 2.56. The molecule has 20 heavy (non-hydrogen) atoms. The van der Waals surface area contributed by atoms with Gasteiger partial charge in [-0.3, -0.25) is 0 Å². The molecule has 1 atom stereocenters. The predicted octanol–water partition coefficient (Wildman–Crippen LogP) is 4.10. The summed E-state index contributed by atoms with van der Waals surface area (Å²) in [6.45, 7) is 9.15. The molecule has 1 aliphatic heterocycles. The average Bonchev–Trinajstić information content (AvgIpc) is 2.32. The highest BCUT2D eigenvalue weighted by Crippen LogP contribution is 2.41. The normalized spacial score (nSPS) is 20.4. The highest BCUT2D eigenvalue weighted by molar-refractivity contribution is 5.43. The number of benzene rings is 1. The van der Waals surface area contributed by atoms with E-state index in [0.29, 0.717) is 12.3 Å². The number of aliphatic hydroxyl groups is 1. The topological polar surface area (TPSA) is 38.7 Å². The molecule has 1 aliphatic rings. The van der Waals surface area contributed by atoms with Crippen LogP contribution in [0.15, 0.2) is 18.2 Å². The zero-order valence-corrected chi connectivity index (χ0v) is 13.0. The molecular formula is C17H26O3. The predicted molar refractivity (Wildman–Crippen MR) is 80.3 cm³/mol. The molecule has 0 saturated carbocycles. The van der Waals surface area contributed by atoms with E-state index in [0.717, 1.165) is 30.1 Å². The summed E-state index contributed by atoms with van der Waals surface area (Å²) >= 11 is 0. The third-order valence-corrected chi connectivity index (χ3v) is 3.61. The van der Waals surface area contributed by atoms with Crippen LogP contribution in [0, 0.1) is 5.92 Å². The Morgan fingerprint density at radius 3 is 2.85 bits per heavy atom. The van der Waals surface area contributed by atoms with Crippen LogP contribution in [0.1, 0.15) is 58.6 Å². The van der Waals surface area contributed by atoms with Gasteiger partial charge >= 0.3 is 0 Å². The number of fused-ring (bicyclic) bond motifs is 1. The molecule has 1 aromatic rings. The van der Waals surface area contributed by atoms with Crippen LogP contribution < -0.4 is 9.47 Å². The van der Waals surface area contributed by atoms with Gasteiger partial charge in [-0.2, -0.15) is 0 Å². The second-order valence-electron chi connectivity index (χ2n) is 6.67. The molecule has 0 radical (unpaired) electrons. The Hall–Kier alpha value is -1.22. The summed E-state index contributed by atoms with van der Waals surface area (Å²) in [5.74, 6) is 2.27. The number of rotatable bonds is 5. The highest BCUT2D eigenvalue weighted by atomic mass is 16.5. The van der Waals surface area contributed by atoms with Crippen LogP contribution in [-0.4, -0.2) is 17.3 Å². The minimum atomic E-state index is -0.455. The van der Waals surface area contributed by atoms with Crippen LogP contribution in [-0.2, 0) is 0 Å². The lowest BCUT2D eigenvalue weighted by Crippen LogP contribution is -2.34. The summed E-state index contributed by atoms with van der Waals surface area (Å²) in [7, 11) is 0. The molecule has 1 unspecified atom stereocenters. The van der Waals surface area contributed by atoms with E-state index < -0.39 is 6.10 Å². The Morgan fingerprint density at radius 2 is 2.15 bits per heavy atom. The smallest absolute Gasteiger partial charge is 0.129 e. The molecule has 0 aromatic heterocycles. The molecule has 0 spiro atoms. The van der Waals surface area contributed by atoms with Crippen LogP contribution in [0.25, 0.3) is 0 Å². The van der Waals surface area contributed by atoms with E-state index in [1.807, 2.05) is 32.0 Å². The van der Waals surface area contributed by atoms with Gasteiger partial charge in [-0.25, -0.2) is 0 Å². The van der Waals surface area contributed by atoms with Crippen LogP contribution >= 0.6 is 0 Å². The van der Waals surface area contributed by atoms with E-state index in [9.17, 15) is 5.11 Å². The average molecular weight is 278 g/mol. The first-order valence-electron chi connectivity index (χ1n) is 7.51. The summed E-state index contributed by atoms with van der Waals surface area (Å²) in [4.78, 5) is 0. The Kier molecular flexibility index (Phi) is 4.59. The zero-order chi connectivity index (χ0) is 14.8. The summed E-state index contributed by atoms with van der Waals surface area (Å²) in [6, 6.07) is 5.72. The molecule has 1 heterocycles. The Labute approximate surface area is 121 Å². The van der Waals surface area contributed by atoms with Gasteiger partial charge < -0.3 is 14.6 Å². The second-order valence-corrected chi connectivity index (χ2v) is 6.67. The number of aliphatic hydroxyl groups excluding tert-OH is 1. The minimum absolute atomic E-state index is 0.331. The summed E-state index contributed by atoms with van der Waals surface area (Å²) in [5, 5.41) is 10.1. The van der Waals surface area contributed by atoms with Crippen molar-refractivity contribution in [3.8, 4) is 11.5 Å². The number of hydrogen-bond donors (Lipinski definition) is 1. The van der Waals surface area contributed by atoms with Crippen LogP contribution in [0.2, 0.25) is 0 Å². The molecule has 0 bridgehead atoms. The highest BCUT2D eigenvalue weighted by Gasteiger charge is 2.32. The molecular weight excluding hydrogens is 252 g/mol. The largest absolute Gasteiger partial charge is 0.493 e. The number of ether oxygens (including phenoxy) is 2. The summed E-state index contributed by atoms with van der Waals surface area (Å²) in [5.41, 5.74) is 0.529. The standard InChI is InChI=1S/C17H26O3/c1-12(2)6-5-9-19-13-7-8-14-15(18)11-17(3,4)20-16(14)10-13/h7-8,10,12,15,18H,5-6,9,11H2,1-4H3. The molecule has 112 valence electrons. The second kappa shape index (κ2) is 6.04. The first-order valence-corrected chi connectivity index (χ1v) is 7.51. The summed E-state index contributed by atoms with van der Waals surface area (Å²) < 4.78 is 11.7. The van der Waals surface area contributed by atoms with Crippen molar-refractivity contribution in [3.63, 3.8) is 0 Å². The first kappa shape index (κ1) is 15.2. The molecule has 1 N–H and O–H groups in total. The van der Waals surface area contributed by atoms with Gasteiger partial charge in [0.1, 0.15) is 17.1 Å². The van der Waals surface area contributed by atoms with Gasteiger partial charge in [0, 0.05) is 18.1 Å². The van der Waals surface area contributed by atoms with Crippen molar-refractivity contribution in [2.75, 3.05) is 6.61 Å². The molecule has 0 saturated heterocycles. The maximum atomic E-state index is 10.1. The van der Waals surface area contributed by atoms with E-state index >= 15 is 0 Å². The van der Waals surface area contributed by atoms with Crippen molar-refractivity contribution in [2.24, 2.45) is 5.92 Å². The molecule has 2 rings (SSSR count). The van der Waals surface area contributed by atoms with Crippen LogP contribution in [0.5, 0.6) is 11.5 Å². The van der Waals surface area contributed by atoms with Crippen molar-refractivity contribution in [2.45, 2.75) is 58.7 Å². The quantitative estimate of drug-likeness (QED) is 0.824. The first-order chi connectivity index (χ1) is 9.37. The molecule has 0 amide bonds. The SMILES string of the molecule is CC(C)CCCOc1ccc2c(c1)OC(C)(C)CC2O. The van der Waals surface area contributed by atoms with Gasteiger partial charge in [-0.1, -0.05) is 13.8 Å². The van der Waals surface area contributed by atoms with Gasteiger partial charge in [0.25, 0.3) is 0 Å². The van der Waals surface area contributed by atoms with Crippen molar-refractivity contribution in [3.05, 3.63) is 23.8 Å². The molecule has 3 nitrogen and oxygen atoms in total. The van der Waals surface area contributed by atoms with Crippen molar-refractivity contribution in [1.82, 2.24) is 0 Å². The van der Waals surface area contributed by atoms with Crippen LogP contribution in [0.4, 0.5) is 0 Å². The summed E-state index contributed by atoms with van der Waals surface area (Å²) in [6.07, 6.45) is 2.40. The fraction of sp³-hybridized carbons (Fsp3) is 0.647. The Morgan fingerprint density at radius 1 is 1.40 bits per heavy atom. The lowest BCUT2D eigenvalue weighted by Gasteiger charge is -2.35. The lowest BCUT2D eigenvalue weighted by atomic mass is 9.92. The molecule has 0 fully saturated rings. The maximum absolute atomic E-state index is 10.1. The monoisotopic (exact) mass is 278 g/mol. The Balaban J connectivity index is 2.00. The van der Waals surface area contributed by atoms with Crippen molar-refractivity contribution >= 4 is 0 Å². The van der Waals surface area contributed by atoms with Crippen LogP contribution in [0.3, 0.4) is 0 Å². The van der Waals surface area contributed by atoms with Gasteiger partial charge in [0.15, 0.2) is 0 Å². The van der Waals surface area contributed by atoms with Crippen molar-refractivity contribution < 1.29 is 14.6 Å². The minimum Gasteiger partial charge on any atom is -0.493 e. The maximum Gasteiger partial charge on any atom is 0.129 e. The molecule has 3 heteroatoms.